The molecular weight excluding hydrogens is 402 g/mol. The second-order valence-electron chi connectivity index (χ2n) is 7.62. The first-order valence-corrected chi connectivity index (χ1v) is 10.6. The summed E-state index contributed by atoms with van der Waals surface area (Å²) in [7, 11) is 0. The number of nitrogens with zero attached hydrogens (tertiary/aromatic N) is 1. The number of likely N-dealkylation sites (tertiary alicyclic amines) is 1. The van der Waals surface area contributed by atoms with Crippen LogP contribution in [0.1, 0.15) is 56.8 Å². The van der Waals surface area contributed by atoms with E-state index in [1.54, 1.807) is 12.1 Å². The van der Waals surface area contributed by atoms with Gasteiger partial charge in [-0.25, -0.2) is 9.59 Å². The third-order valence-corrected chi connectivity index (χ3v) is 5.06. The fourth-order valence-corrected chi connectivity index (χ4v) is 3.48. The monoisotopic (exact) mass is 433 g/mol. The van der Waals surface area contributed by atoms with Gasteiger partial charge in [0, 0.05) is 18.6 Å². The maximum atomic E-state index is 12.5. The highest BCUT2D eigenvalue weighted by atomic mass is 16.5. The second kappa shape index (κ2) is 11.9. The third kappa shape index (κ3) is 7.58. The van der Waals surface area contributed by atoms with Crippen LogP contribution in [0.3, 0.4) is 0 Å². The van der Waals surface area contributed by atoms with Gasteiger partial charge in [-0.1, -0.05) is 6.92 Å². The molecule has 0 radical (unpaired) electrons. The Morgan fingerprint density at radius 2 is 1.68 bits per heavy atom. The van der Waals surface area contributed by atoms with Crippen LogP contribution in [-0.2, 0) is 14.3 Å². The number of carbonyl (C=O) groups excluding carboxylic acids is 4. The van der Waals surface area contributed by atoms with Crippen LogP contribution in [0.25, 0.3) is 0 Å². The number of amides is 4. The highest BCUT2D eigenvalue weighted by molar-refractivity contribution is 5.97. The van der Waals surface area contributed by atoms with Gasteiger partial charge in [0.1, 0.15) is 5.75 Å². The molecule has 0 aromatic heterocycles. The predicted octanol–water partition coefficient (Wildman–Crippen LogP) is 2.25. The number of imide groups is 1. The molecule has 1 aliphatic rings. The van der Waals surface area contributed by atoms with E-state index in [0.29, 0.717) is 12.3 Å². The standard InChI is InChI=1S/C22H31N3O6/c1-4-12-23-22(29)24-19(26)13-31-21(28)17-8-10-18(11-9-17)30-14-20(27)25-15(2)6-5-7-16(25)3/h8-11,15-16H,4-7,12-14H2,1-3H3,(H2,23,24,26,29). The zero-order valence-corrected chi connectivity index (χ0v) is 18.3. The molecule has 31 heavy (non-hydrogen) atoms. The summed E-state index contributed by atoms with van der Waals surface area (Å²) in [6, 6.07) is 5.86. The van der Waals surface area contributed by atoms with Gasteiger partial charge in [-0.15, -0.1) is 0 Å². The highest BCUT2D eigenvalue weighted by Gasteiger charge is 2.29. The number of ether oxygens (including phenoxy) is 2. The Balaban J connectivity index is 1.78. The molecule has 0 bridgehead atoms. The summed E-state index contributed by atoms with van der Waals surface area (Å²) >= 11 is 0. The molecule has 0 spiro atoms. The first-order chi connectivity index (χ1) is 14.8. The van der Waals surface area contributed by atoms with Gasteiger partial charge in [0.15, 0.2) is 13.2 Å². The lowest BCUT2D eigenvalue weighted by atomic mass is 9.97. The van der Waals surface area contributed by atoms with E-state index in [9.17, 15) is 19.2 Å². The maximum Gasteiger partial charge on any atom is 0.338 e. The molecule has 1 aromatic carbocycles. The van der Waals surface area contributed by atoms with Crippen LogP contribution in [0.4, 0.5) is 4.79 Å². The van der Waals surface area contributed by atoms with E-state index in [4.69, 9.17) is 9.47 Å². The van der Waals surface area contributed by atoms with Gasteiger partial charge in [-0.05, 0) is 63.8 Å². The lowest BCUT2D eigenvalue weighted by molar-refractivity contribution is -0.139. The van der Waals surface area contributed by atoms with E-state index in [0.717, 1.165) is 25.7 Å². The number of hydrogen-bond donors (Lipinski definition) is 2. The topological polar surface area (TPSA) is 114 Å². The van der Waals surface area contributed by atoms with Gasteiger partial charge >= 0.3 is 12.0 Å². The van der Waals surface area contributed by atoms with Gasteiger partial charge in [0.2, 0.25) is 0 Å². The molecule has 2 N–H and O–H groups in total. The number of hydrogen-bond acceptors (Lipinski definition) is 6. The number of benzene rings is 1. The van der Waals surface area contributed by atoms with Crippen molar-refractivity contribution in [2.45, 2.75) is 58.5 Å². The van der Waals surface area contributed by atoms with Gasteiger partial charge in [0.05, 0.1) is 5.56 Å². The van der Waals surface area contributed by atoms with Crippen LogP contribution < -0.4 is 15.4 Å². The van der Waals surface area contributed by atoms with Crippen LogP contribution in [-0.4, -0.2) is 60.6 Å². The fraction of sp³-hybridized carbons (Fsp3) is 0.545. The predicted molar refractivity (Wildman–Crippen MR) is 114 cm³/mol. The van der Waals surface area contributed by atoms with Crippen LogP contribution in [0.15, 0.2) is 24.3 Å². The molecule has 1 fully saturated rings. The molecular formula is C22H31N3O6. The van der Waals surface area contributed by atoms with E-state index in [1.165, 1.54) is 12.1 Å². The highest BCUT2D eigenvalue weighted by Crippen LogP contribution is 2.23. The van der Waals surface area contributed by atoms with Gasteiger partial charge < -0.3 is 19.7 Å². The van der Waals surface area contributed by atoms with Crippen molar-refractivity contribution in [2.24, 2.45) is 0 Å². The minimum absolute atomic E-state index is 0.0582. The quantitative estimate of drug-likeness (QED) is 0.608. The molecule has 1 saturated heterocycles. The summed E-state index contributed by atoms with van der Waals surface area (Å²) in [6.45, 7) is 5.77. The van der Waals surface area contributed by atoms with Crippen molar-refractivity contribution < 1.29 is 28.7 Å². The Hall–Kier alpha value is -3.10. The van der Waals surface area contributed by atoms with Gasteiger partial charge in [0.25, 0.3) is 11.8 Å². The average Bonchev–Trinajstić information content (AvgIpc) is 2.74. The zero-order chi connectivity index (χ0) is 22.8. The minimum atomic E-state index is -0.721. The Bertz CT molecular complexity index is 770. The second-order valence-corrected chi connectivity index (χ2v) is 7.62. The first-order valence-electron chi connectivity index (χ1n) is 10.6. The van der Waals surface area contributed by atoms with E-state index >= 15 is 0 Å². The maximum absolute atomic E-state index is 12.5. The number of nitrogens with one attached hydrogen (secondary N) is 2. The van der Waals surface area contributed by atoms with Crippen molar-refractivity contribution in [1.82, 2.24) is 15.5 Å². The SMILES string of the molecule is CCCNC(=O)NC(=O)COC(=O)c1ccc(OCC(=O)N2C(C)CCCC2C)cc1. The number of piperidine rings is 1. The van der Waals surface area contributed by atoms with Crippen molar-refractivity contribution in [2.75, 3.05) is 19.8 Å². The van der Waals surface area contributed by atoms with Crippen molar-refractivity contribution in [3.8, 4) is 5.75 Å². The number of esters is 1. The van der Waals surface area contributed by atoms with Crippen molar-refractivity contribution >= 4 is 23.8 Å². The normalized spacial score (nSPS) is 18.1. The summed E-state index contributed by atoms with van der Waals surface area (Å²) in [6.07, 6.45) is 3.85. The van der Waals surface area contributed by atoms with Crippen LogP contribution >= 0.6 is 0 Å². The van der Waals surface area contributed by atoms with E-state index in [1.807, 2.05) is 25.7 Å². The molecule has 1 aliphatic heterocycles. The Morgan fingerprint density at radius 3 is 2.29 bits per heavy atom. The zero-order valence-electron chi connectivity index (χ0n) is 18.3. The van der Waals surface area contributed by atoms with Crippen LogP contribution in [0, 0.1) is 0 Å². The summed E-state index contributed by atoms with van der Waals surface area (Å²) in [4.78, 5) is 49.5. The summed E-state index contributed by atoms with van der Waals surface area (Å²) in [5, 5.41) is 4.55. The smallest absolute Gasteiger partial charge is 0.338 e. The van der Waals surface area contributed by atoms with Crippen LogP contribution in [0.5, 0.6) is 5.75 Å². The lowest BCUT2D eigenvalue weighted by Crippen LogP contribution is -2.49. The number of urea groups is 1. The molecule has 9 heteroatoms. The molecule has 2 unspecified atom stereocenters. The molecule has 2 atom stereocenters. The lowest BCUT2D eigenvalue weighted by Gasteiger charge is -2.38. The Morgan fingerprint density at radius 1 is 1.03 bits per heavy atom. The molecule has 9 nitrogen and oxygen atoms in total. The minimum Gasteiger partial charge on any atom is -0.484 e. The summed E-state index contributed by atoms with van der Waals surface area (Å²) in [5.74, 6) is -1.03. The Kier molecular flexibility index (Phi) is 9.30. The molecule has 0 aliphatic carbocycles. The molecule has 0 saturated carbocycles. The molecule has 170 valence electrons. The molecule has 4 amide bonds. The molecule has 2 rings (SSSR count). The van der Waals surface area contributed by atoms with E-state index in [2.05, 4.69) is 10.6 Å². The van der Waals surface area contributed by atoms with E-state index < -0.39 is 24.5 Å². The number of rotatable bonds is 8. The van der Waals surface area contributed by atoms with Crippen molar-refractivity contribution in [1.29, 1.82) is 0 Å². The molecule has 1 heterocycles. The first kappa shape index (κ1) is 24.2. The fourth-order valence-electron chi connectivity index (χ4n) is 3.48. The van der Waals surface area contributed by atoms with E-state index in [-0.39, 0.29) is 30.2 Å². The third-order valence-electron chi connectivity index (χ3n) is 5.06. The summed E-state index contributed by atoms with van der Waals surface area (Å²) in [5.41, 5.74) is 0.222. The largest absolute Gasteiger partial charge is 0.484 e. The van der Waals surface area contributed by atoms with Gasteiger partial charge in [-0.2, -0.15) is 0 Å². The Labute approximate surface area is 182 Å². The summed E-state index contributed by atoms with van der Waals surface area (Å²) < 4.78 is 10.5. The average molecular weight is 434 g/mol. The van der Waals surface area contributed by atoms with Crippen molar-refractivity contribution in [3.63, 3.8) is 0 Å². The van der Waals surface area contributed by atoms with Crippen molar-refractivity contribution in [3.05, 3.63) is 29.8 Å². The van der Waals surface area contributed by atoms with Crippen LogP contribution in [0.2, 0.25) is 0 Å². The molecule has 1 aromatic rings. The van der Waals surface area contributed by atoms with Gasteiger partial charge in [-0.3, -0.25) is 14.9 Å². The number of carbonyl (C=O) groups is 4.